The average Bonchev–Trinajstić information content (AvgIpc) is 2.28. The Kier molecular flexibility index (Phi) is 4.73. The summed E-state index contributed by atoms with van der Waals surface area (Å²) in [6.45, 7) is 2.98. The van der Waals surface area contributed by atoms with Crippen molar-refractivity contribution in [2.45, 2.75) is 25.8 Å². The van der Waals surface area contributed by atoms with Crippen LogP contribution in [0.3, 0.4) is 0 Å². The fourth-order valence-electron chi connectivity index (χ4n) is 1.89. The predicted octanol–water partition coefficient (Wildman–Crippen LogP) is -0.421. The number of nitrogens with one attached hydrogen (secondary N) is 2. The molecule has 1 aliphatic rings. The SMILES string of the molecule is CNC(=O)CN(C)C(=O)C1CCC(C)NC1. The molecule has 92 valence electrons. The molecule has 16 heavy (non-hydrogen) atoms. The van der Waals surface area contributed by atoms with E-state index in [9.17, 15) is 9.59 Å². The zero-order chi connectivity index (χ0) is 12.1. The number of piperidine rings is 1. The molecule has 0 aromatic rings. The van der Waals surface area contributed by atoms with Crippen molar-refractivity contribution < 1.29 is 9.59 Å². The van der Waals surface area contributed by atoms with Crippen molar-refractivity contribution in [1.82, 2.24) is 15.5 Å². The second-order valence-electron chi connectivity index (χ2n) is 4.45. The maximum atomic E-state index is 12.0. The van der Waals surface area contributed by atoms with Crippen molar-refractivity contribution in [3.8, 4) is 0 Å². The molecule has 0 aromatic carbocycles. The first-order valence-electron chi connectivity index (χ1n) is 5.73. The number of hydrogen-bond acceptors (Lipinski definition) is 3. The van der Waals surface area contributed by atoms with Gasteiger partial charge >= 0.3 is 0 Å². The van der Waals surface area contributed by atoms with E-state index in [-0.39, 0.29) is 24.3 Å². The maximum absolute atomic E-state index is 12.0. The highest BCUT2D eigenvalue weighted by atomic mass is 16.2. The third kappa shape index (κ3) is 3.48. The Labute approximate surface area is 96.6 Å². The van der Waals surface area contributed by atoms with Crippen LogP contribution in [-0.4, -0.2) is 49.9 Å². The largest absolute Gasteiger partial charge is 0.358 e. The van der Waals surface area contributed by atoms with Crippen LogP contribution in [0.25, 0.3) is 0 Å². The summed E-state index contributed by atoms with van der Waals surface area (Å²) in [5, 5.41) is 5.80. The Morgan fingerprint density at radius 1 is 1.44 bits per heavy atom. The smallest absolute Gasteiger partial charge is 0.239 e. The first-order chi connectivity index (χ1) is 7.54. The summed E-state index contributed by atoms with van der Waals surface area (Å²) in [6, 6.07) is 0.494. The average molecular weight is 227 g/mol. The van der Waals surface area contributed by atoms with Crippen molar-refractivity contribution in [2.75, 3.05) is 27.2 Å². The van der Waals surface area contributed by atoms with Crippen molar-refractivity contribution in [2.24, 2.45) is 5.92 Å². The fourth-order valence-corrected chi connectivity index (χ4v) is 1.89. The molecule has 2 N–H and O–H groups in total. The van der Waals surface area contributed by atoms with Gasteiger partial charge < -0.3 is 15.5 Å². The monoisotopic (exact) mass is 227 g/mol. The van der Waals surface area contributed by atoms with Crippen LogP contribution in [-0.2, 0) is 9.59 Å². The van der Waals surface area contributed by atoms with E-state index in [0.717, 1.165) is 19.4 Å². The van der Waals surface area contributed by atoms with Gasteiger partial charge in [0.25, 0.3) is 0 Å². The Morgan fingerprint density at radius 2 is 2.12 bits per heavy atom. The lowest BCUT2D eigenvalue weighted by Crippen LogP contribution is -2.46. The van der Waals surface area contributed by atoms with Gasteiger partial charge in [-0.05, 0) is 19.8 Å². The van der Waals surface area contributed by atoms with Crippen LogP contribution in [0.4, 0.5) is 0 Å². The van der Waals surface area contributed by atoms with E-state index in [1.165, 1.54) is 4.90 Å². The van der Waals surface area contributed by atoms with E-state index in [1.807, 2.05) is 0 Å². The Hall–Kier alpha value is -1.10. The summed E-state index contributed by atoms with van der Waals surface area (Å²) in [5.74, 6) is -0.0538. The first-order valence-corrected chi connectivity index (χ1v) is 5.73. The molecular formula is C11H21N3O2. The number of nitrogens with zero attached hydrogens (tertiary/aromatic N) is 1. The van der Waals surface area contributed by atoms with Crippen LogP contribution in [0, 0.1) is 5.92 Å². The minimum absolute atomic E-state index is 0.0193. The second-order valence-corrected chi connectivity index (χ2v) is 4.45. The highest BCUT2D eigenvalue weighted by Gasteiger charge is 2.26. The van der Waals surface area contributed by atoms with Crippen LogP contribution in [0.2, 0.25) is 0 Å². The van der Waals surface area contributed by atoms with Gasteiger partial charge in [0, 0.05) is 26.7 Å². The maximum Gasteiger partial charge on any atom is 0.239 e. The normalized spacial score (nSPS) is 24.9. The molecule has 0 radical (unpaired) electrons. The second kappa shape index (κ2) is 5.84. The summed E-state index contributed by atoms with van der Waals surface area (Å²) >= 11 is 0. The summed E-state index contributed by atoms with van der Waals surface area (Å²) < 4.78 is 0. The number of likely N-dealkylation sites (N-methyl/N-ethyl adjacent to an activating group) is 2. The zero-order valence-corrected chi connectivity index (χ0v) is 10.2. The van der Waals surface area contributed by atoms with Crippen molar-refractivity contribution in [3.63, 3.8) is 0 Å². The van der Waals surface area contributed by atoms with Crippen LogP contribution < -0.4 is 10.6 Å². The molecule has 0 aromatic heterocycles. The minimum atomic E-state index is -0.131. The number of hydrogen-bond donors (Lipinski definition) is 2. The molecular weight excluding hydrogens is 206 g/mol. The lowest BCUT2D eigenvalue weighted by Gasteiger charge is -2.29. The van der Waals surface area contributed by atoms with E-state index in [0.29, 0.717) is 6.04 Å². The van der Waals surface area contributed by atoms with E-state index in [1.54, 1.807) is 14.1 Å². The Morgan fingerprint density at radius 3 is 2.62 bits per heavy atom. The van der Waals surface area contributed by atoms with Gasteiger partial charge in [0.15, 0.2) is 0 Å². The molecule has 0 saturated carbocycles. The third-order valence-electron chi connectivity index (χ3n) is 3.05. The molecule has 1 fully saturated rings. The number of carbonyl (C=O) groups is 2. The first kappa shape index (κ1) is 13.0. The van der Waals surface area contributed by atoms with Gasteiger partial charge in [0.1, 0.15) is 0 Å². The van der Waals surface area contributed by atoms with Gasteiger partial charge in [-0.2, -0.15) is 0 Å². The highest BCUT2D eigenvalue weighted by Crippen LogP contribution is 2.15. The molecule has 0 aliphatic carbocycles. The molecule has 1 aliphatic heterocycles. The molecule has 5 nitrogen and oxygen atoms in total. The highest BCUT2D eigenvalue weighted by molar-refractivity contribution is 5.85. The van der Waals surface area contributed by atoms with Crippen molar-refractivity contribution in [3.05, 3.63) is 0 Å². The molecule has 1 saturated heterocycles. The summed E-state index contributed by atoms with van der Waals surface area (Å²) in [4.78, 5) is 24.6. The van der Waals surface area contributed by atoms with Crippen LogP contribution in [0.15, 0.2) is 0 Å². The van der Waals surface area contributed by atoms with E-state index in [2.05, 4.69) is 17.6 Å². The molecule has 2 amide bonds. The minimum Gasteiger partial charge on any atom is -0.358 e. The van der Waals surface area contributed by atoms with Gasteiger partial charge in [-0.3, -0.25) is 9.59 Å². The summed E-state index contributed by atoms with van der Waals surface area (Å²) in [6.07, 6.45) is 1.93. The summed E-state index contributed by atoms with van der Waals surface area (Å²) in [5.41, 5.74) is 0. The lowest BCUT2D eigenvalue weighted by molar-refractivity contribution is -0.138. The third-order valence-corrected chi connectivity index (χ3v) is 3.05. The van der Waals surface area contributed by atoms with E-state index < -0.39 is 0 Å². The van der Waals surface area contributed by atoms with Crippen molar-refractivity contribution >= 4 is 11.8 Å². The topological polar surface area (TPSA) is 61.4 Å². The standard InChI is InChI=1S/C11H21N3O2/c1-8-4-5-9(6-13-8)11(16)14(3)7-10(15)12-2/h8-9,13H,4-7H2,1-3H3,(H,12,15). The van der Waals surface area contributed by atoms with E-state index in [4.69, 9.17) is 0 Å². The van der Waals surface area contributed by atoms with E-state index >= 15 is 0 Å². The van der Waals surface area contributed by atoms with Gasteiger partial charge in [0.05, 0.1) is 12.5 Å². The van der Waals surface area contributed by atoms with Crippen molar-refractivity contribution in [1.29, 1.82) is 0 Å². The van der Waals surface area contributed by atoms with Crippen LogP contribution in [0.1, 0.15) is 19.8 Å². The predicted molar refractivity (Wildman–Crippen MR) is 61.9 cm³/mol. The molecule has 0 bridgehead atoms. The van der Waals surface area contributed by atoms with Gasteiger partial charge in [-0.15, -0.1) is 0 Å². The number of rotatable bonds is 3. The molecule has 1 heterocycles. The molecule has 5 heteroatoms. The molecule has 2 atom stereocenters. The Balaban J connectivity index is 2.41. The van der Waals surface area contributed by atoms with Crippen LogP contribution >= 0.6 is 0 Å². The molecule has 1 rings (SSSR count). The molecule has 2 unspecified atom stereocenters. The van der Waals surface area contributed by atoms with Crippen LogP contribution in [0.5, 0.6) is 0 Å². The Bertz CT molecular complexity index is 260. The fraction of sp³-hybridized carbons (Fsp3) is 0.818. The quantitative estimate of drug-likeness (QED) is 0.688. The number of carbonyl (C=O) groups excluding carboxylic acids is 2. The zero-order valence-electron chi connectivity index (χ0n) is 10.2. The van der Waals surface area contributed by atoms with Gasteiger partial charge in [-0.1, -0.05) is 0 Å². The lowest BCUT2D eigenvalue weighted by atomic mass is 9.94. The van der Waals surface area contributed by atoms with Gasteiger partial charge in [-0.25, -0.2) is 0 Å². The molecule has 0 spiro atoms. The van der Waals surface area contributed by atoms with Gasteiger partial charge in [0.2, 0.25) is 11.8 Å². The number of amides is 2. The summed E-state index contributed by atoms with van der Waals surface area (Å²) in [7, 11) is 3.25.